The van der Waals surface area contributed by atoms with Gasteiger partial charge in [0, 0.05) is 19.6 Å². The Morgan fingerprint density at radius 3 is 0.727 bits per heavy atom. The summed E-state index contributed by atoms with van der Waals surface area (Å²) >= 11 is 0. The lowest BCUT2D eigenvalue weighted by Gasteiger charge is -2.31. The van der Waals surface area contributed by atoms with Gasteiger partial charge in [0.1, 0.15) is 17.2 Å². The fraction of sp³-hybridized carbons (Fsp3) is 0.625. The van der Waals surface area contributed by atoms with Crippen LogP contribution in [0.4, 0.5) is 0 Å². The van der Waals surface area contributed by atoms with Crippen LogP contribution in [-0.2, 0) is 14.2 Å². The average molecular weight is 762 g/mol. The molecule has 3 unspecified atom stereocenters. The second-order valence-corrected chi connectivity index (χ2v) is 17.2. The Kier molecular flexibility index (Phi) is 19.0. The zero-order valence-corrected chi connectivity index (χ0v) is 37.0. The van der Waals surface area contributed by atoms with Gasteiger partial charge in [0.15, 0.2) is 20.4 Å². The summed E-state index contributed by atoms with van der Waals surface area (Å²) in [5, 5.41) is 0. The van der Waals surface area contributed by atoms with Gasteiger partial charge >= 0.3 is 0 Å². The van der Waals surface area contributed by atoms with Crippen LogP contribution in [0.2, 0.25) is 0 Å². The first kappa shape index (κ1) is 46.3. The van der Waals surface area contributed by atoms with Crippen molar-refractivity contribution in [2.75, 3.05) is 40.0 Å². The lowest BCUT2D eigenvalue weighted by atomic mass is 9.94. The molecule has 0 spiro atoms. The van der Waals surface area contributed by atoms with Gasteiger partial charge in [0.05, 0.1) is 18.3 Å². The van der Waals surface area contributed by atoms with E-state index in [2.05, 4.69) is 163 Å². The van der Waals surface area contributed by atoms with Crippen molar-refractivity contribution in [2.45, 2.75) is 158 Å². The maximum atomic E-state index is 6.38. The van der Waals surface area contributed by atoms with E-state index >= 15 is 0 Å². The average Bonchev–Trinajstić information content (AvgIpc) is 3.11. The molecule has 0 amide bonds. The number of ether oxygens (including phenoxy) is 6. The van der Waals surface area contributed by atoms with Crippen LogP contribution in [0.25, 0.3) is 0 Å². The largest absolute Gasteiger partial charge is 0.467 e. The molecule has 308 valence electrons. The van der Waals surface area contributed by atoms with Gasteiger partial charge in [-0.15, -0.1) is 0 Å². The van der Waals surface area contributed by atoms with Crippen molar-refractivity contribution in [1.82, 2.24) is 4.90 Å². The van der Waals surface area contributed by atoms with E-state index in [1.807, 2.05) is 0 Å². The molecule has 0 radical (unpaired) electrons. The van der Waals surface area contributed by atoms with Gasteiger partial charge in [-0.25, -0.2) is 0 Å². The maximum Gasteiger partial charge on any atom is 0.189 e. The minimum atomic E-state index is -0.0985. The standard InChI is InChI=1S/C48H75NO6/c1-31(2)40-19-16-20-41(32(3)4)46(40)53-28-50-37(13)25-49(26-38(14)51-29-54-47-42(33(5)6)21-17-22-43(47)34(7)8)27-39(15)52-30-55-48-44(35(9)10)23-18-24-45(48)36(11)12/h16-24,31-39H,25-30H2,1-15H3. The van der Waals surface area contributed by atoms with Crippen molar-refractivity contribution in [2.24, 2.45) is 0 Å². The van der Waals surface area contributed by atoms with Crippen LogP contribution in [0.5, 0.6) is 17.2 Å². The second kappa shape index (κ2) is 22.6. The van der Waals surface area contributed by atoms with Crippen LogP contribution in [0.15, 0.2) is 54.6 Å². The van der Waals surface area contributed by atoms with Gasteiger partial charge in [-0.3, -0.25) is 4.90 Å². The molecule has 3 aromatic rings. The number of benzene rings is 3. The summed E-state index contributed by atoms with van der Waals surface area (Å²) < 4.78 is 38.1. The lowest BCUT2D eigenvalue weighted by Crippen LogP contribution is -2.42. The van der Waals surface area contributed by atoms with Crippen molar-refractivity contribution < 1.29 is 28.4 Å². The van der Waals surface area contributed by atoms with Crippen LogP contribution in [0.3, 0.4) is 0 Å². The first-order valence-electron chi connectivity index (χ1n) is 20.8. The Balaban J connectivity index is 1.70. The van der Waals surface area contributed by atoms with Gasteiger partial charge in [-0.05, 0) is 89.7 Å². The molecule has 0 saturated heterocycles. The first-order chi connectivity index (χ1) is 26.0. The van der Waals surface area contributed by atoms with Crippen LogP contribution < -0.4 is 14.2 Å². The summed E-state index contributed by atoms with van der Waals surface area (Å²) in [5.41, 5.74) is 7.24. The summed E-state index contributed by atoms with van der Waals surface area (Å²) in [6.07, 6.45) is -0.295. The van der Waals surface area contributed by atoms with E-state index in [-0.39, 0.29) is 38.7 Å². The SMILES string of the molecule is CC(CN(CC(C)OCOc1c(C(C)C)cccc1C(C)C)CC(C)OCOc1c(C(C)C)cccc1C(C)C)OCOc1c(C(C)C)cccc1C(C)C. The minimum Gasteiger partial charge on any atom is -0.467 e. The fourth-order valence-electron chi connectivity index (χ4n) is 7.05. The zero-order valence-electron chi connectivity index (χ0n) is 37.0. The Labute approximate surface area is 335 Å². The third-order valence-electron chi connectivity index (χ3n) is 10.2. The van der Waals surface area contributed by atoms with Gasteiger partial charge in [0.25, 0.3) is 0 Å². The predicted octanol–water partition coefficient (Wildman–Crippen LogP) is 12.4. The van der Waals surface area contributed by atoms with Gasteiger partial charge < -0.3 is 28.4 Å². The summed E-state index contributed by atoms with van der Waals surface area (Å²) in [6, 6.07) is 19.3. The summed E-state index contributed by atoms with van der Waals surface area (Å²) in [7, 11) is 0. The Morgan fingerprint density at radius 1 is 0.345 bits per heavy atom. The third kappa shape index (κ3) is 14.1. The smallest absolute Gasteiger partial charge is 0.189 e. The number of hydrogen-bond acceptors (Lipinski definition) is 7. The molecular formula is C48H75NO6. The highest BCUT2D eigenvalue weighted by molar-refractivity contribution is 5.46. The van der Waals surface area contributed by atoms with Gasteiger partial charge in [0.2, 0.25) is 0 Å². The number of nitrogens with zero attached hydrogens (tertiary/aromatic N) is 1. The summed E-state index contributed by atoms with van der Waals surface area (Å²) in [5.74, 6) is 4.94. The molecule has 0 heterocycles. The van der Waals surface area contributed by atoms with Crippen LogP contribution in [0, 0.1) is 0 Å². The monoisotopic (exact) mass is 762 g/mol. The molecule has 0 fully saturated rings. The summed E-state index contributed by atoms with van der Waals surface area (Å²) in [4.78, 5) is 2.35. The molecule has 3 rings (SSSR count). The van der Waals surface area contributed by atoms with E-state index in [1.54, 1.807) is 0 Å². The molecule has 0 bridgehead atoms. The molecule has 0 aliphatic rings. The van der Waals surface area contributed by atoms with E-state index in [9.17, 15) is 0 Å². The van der Waals surface area contributed by atoms with E-state index in [1.165, 1.54) is 33.4 Å². The Bertz CT molecular complexity index is 1300. The molecule has 3 aromatic carbocycles. The summed E-state index contributed by atoms with van der Waals surface area (Å²) in [6.45, 7) is 35.3. The van der Waals surface area contributed by atoms with E-state index in [0.29, 0.717) is 55.1 Å². The van der Waals surface area contributed by atoms with E-state index < -0.39 is 0 Å². The molecular weight excluding hydrogens is 687 g/mol. The van der Waals surface area contributed by atoms with E-state index in [4.69, 9.17) is 28.4 Å². The first-order valence-corrected chi connectivity index (χ1v) is 20.8. The van der Waals surface area contributed by atoms with Gasteiger partial charge in [-0.1, -0.05) is 138 Å². The zero-order chi connectivity index (χ0) is 40.8. The highest BCUT2D eigenvalue weighted by Gasteiger charge is 2.22. The molecule has 3 atom stereocenters. The normalized spacial score (nSPS) is 13.9. The molecule has 7 heteroatoms. The fourth-order valence-corrected chi connectivity index (χ4v) is 7.05. The highest BCUT2D eigenvalue weighted by Crippen LogP contribution is 2.37. The van der Waals surface area contributed by atoms with Crippen LogP contribution >= 0.6 is 0 Å². The quantitative estimate of drug-likeness (QED) is 0.0842. The van der Waals surface area contributed by atoms with Gasteiger partial charge in [-0.2, -0.15) is 0 Å². The Morgan fingerprint density at radius 2 is 0.545 bits per heavy atom. The minimum absolute atomic E-state index is 0.0985. The maximum absolute atomic E-state index is 6.38. The second-order valence-electron chi connectivity index (χ2n) is 17.2. The van der Waals surface area contributed by atoms with E-state index in [0.717, 1.165) is 17.2 Å². The number of hydrogen-bond donors (Lipinski definition) is 0. The van der Waals surface area contributed by atoms with Crippen molar-refractivity contribution >= 4 is 0 Å². The van der Waals surface area contributed by atoms with Crippen LogP contribution in [0.1, 0.15) is 173 Å². The van der Waals surface area contributed by atoms with Crippen molar-refractivity contribution in [3.8, 4) is 17.2 Å². The molecule has 7 nitrogen and oxygen atoms in total. The van der Waals surface area contributed by atoms with Crippen molar-refractivity contribution in [3.05, 3.63) is 88.0 Å². The van der Waals surface area contributed by atoms with Crippen molar-refractivity contribution in [3.63, 3.8) is 0 Å². The third-order valence-corrected chi connectivity index (χ3v) is 10.2. The van der Waals surface area contributed by atoms with Crippen molar-refractivity contribution in [1.29, 1.82) is 0 Å². The predicted molar refractivity (Wildman–Crippen MR) is 228 cm³/mol. The van der Waals surface area contributed by atoms with Crippen LogP contribution in [-0.4, -0.2) is 63.2 Å². The molecule has 0 N–H and O–H groups in total. The molecule has 0 aliphatic carbocycles. The molecule has 0 aliphatic heterocycles. The molecule has 55 heavy (non-hydrogen) atoms. The topological polar surface area (TPSA) is 58.6 Å². The Hall–Kier alpha value is -3.10. The molecule has 0 aromatic heterocycles. The number of rotatable bonds is 24. The number of para-hydroxylation sites is 3. The highest BCUT2D eigenvalue weighted by atomic mass is 16.7. The lowest BCUT2D eigenvalue weighted by molar-refractivity contribution is -0.0784. The molecule has 0 saturated carbocycles.